The molecule has 35 heavy (non-hydrogen) atoms. The number of aliphatic hydroxyl groups is 1. The number of allylic oxidation sites excluding steroid dienone is 1. The Morgan fingerprint density at radius 3 is 2.77 bits per heavy atom. The zero-order chi connectivity index (χ0) is 24.7. The number of fused-ring (bicyclic) bond motifs is 1. The molecule has 2 N–H and O–H groups in total. The lowest BCUT2D eigenvalue weighted by Gasteiger charge is -2.36. The van der Waals surface area contributed by atoms with E-state index in [1.54, 1.807) is 18.7 Å². The van der Waals surface area contributed by atoms with Crippen LogP contribution in [0, 0.1) is 12.8 Å². The number of aromatic nitrogens is 1. The number of hydrogen-bond acceptors (Lipinski definition) is 5. The monoisotopic (exact) mass is 495 g/mol. The Hall–Kier alpha value is -2.25. The summed E-state index contributed by atoms with van der Waals surface area (Å²) in [5.74, 6) is 0.350. The van der Waals surface area contributed by atoms with Crippen LogP contribution in [-0.2, 0) is 22.5 Å². The van der Waals surface area contributed by atoms with Crippen molar-refractivity contribution in [3.8, 4) is 11.1 Å². The van der Waals surface area contributed by atoms with Crippen molar-refractivity contribution >= 4 is 22.5 Å². The second-order valence-corrected chi connectivity index (χ2v) is 10.9. The van der Waals surface area contributed by atoms with Gasteiger partial charge in [0.1, 0.15) is 5.60 Å². The molecule has 1 aromatic carbocycles. The average molecular weight is 496 g/mol. The molecule has 186 valence electrons. The Labute approximate surface area is 212 Å². The van der Waals surface area contributed by atoms with Crippen LogP contribution in [-0.4, -0.2) is 52.8 Å². The molecule has 0 radical (unpaired) electrons. The van der Waals surface area contributed by atoms with E-state index in [2.05, 4.69) is 34.6 Å². The maximum absolute atomic E-state index is 12.8. The maximum Gasteiger partial charge on any atom is 0.254 e. The minimum Gasteiger partial charge on any atom is -0.381 e. The highest BCUT2D eigenvalue weighted by Crippen LogP contribution is 2.38. The zero-order valence-electron chi connectivity index (χ0n) is 20.7. The summed E-state index contributed by atoms with van der Waals surface area (Å²) in [5, 5.41) is 14.7. The summed E-state index contributed by atoms with van der Waals surface area (Å²) in [5.41, 5.74) is 6.17. The second kappa shape index (κ2) is 9.66. The van der Waals surface area contributed by atoms with Crippen LogP contribution in [0.5, 0.6) is 0 Å². The number of pyridine rings is 1. The number of carbonyl (C=O) groups excluding carboxylic acids is 1. The Bertz CT molecular complexity index is 1160. The molecule has 1 saturated carbocycles. The van der Waals surface area contributed by atoms with Gasteiger partial charge in [0.25, 0.3) is 5.91 Å². The van der Waals surface area contributed by atoms with Crippen molar-refractivity contribution in [2.75, 3.05) is 26.3 Å². The largest absolute Gasteiger partial charge is 0.381 e. The number of ether oxygens (including phenoxy) is 1. The third kappa shape index (κ3) is 5.31. The van der Waals surface area contributed by atoms with Crippen LogP contribution in [0.3, 0.4) is 0 Å². The van der Waals surface area contributed by atoms with Crippen molar-refractivity contribution in [3.05, 3.63) is 58.4 Å². The Balaban J connectivity index is 1.55. The van der Waals surface area contributed by atoms with Gasteiger partial charge in [-0.05, 0) is 80.3 Å². The van der Waals surface area contributed by atoms with Crippen LogP contribution in [0.4, 0.5) is 0 Å². The fourth-order valence-corrected chi connectivity index (χ4v) is 5.36. The van der Waals surface area contributed by atoms with Gasteiger partial charge in [-0.3, -0.25) is 9.78 Å². The van der Waals surface area contributed by atoms with Gasteiger partial charge in [0.2, 0.25) is 0 Å². The molecule has 1 saturated heterocycles. The zero-order valence-corrected chi connectivity index (χ0v) is 21.5. The first kappa shape index (κ1) is 24.4. The van der Waals surface area contributed by atoms with E-state index in [1.807, 2.05) is 13.1 Å². The molecule has 2 aromatic rings. The molecule has 0 spiro atoms. The van der Waals surface area contributed by atoms with Crippen molar-refractivity contribution in [2.45, 2.75) is 58.2 Å². The Kier molecular flexibility index (Phi) is 6.75. The first-order chi connectivity index (χ1) is 16.7. The molecule has 6 nitrogen and oxygen atoms in total. The van der Waals surface area contributed by atoms with Gasteiger partial charge in [0.05, 0.1) is 19.3 Å². The van der Waals surface area contributed by atoms with E-state index in [0.29, 0.717) is 32.2 Å². The highest BCUT2D eigenvalue weighted by atomic mass is 35.5. The fourth-order valence-electron chi connectivity index (χ4n) is 4.99. The molecule has 1 amide bonds. The van der Waals surface area contributed by atoms with Crippen molar-refractivity contribution in [1.82, 2.24) is 15.2 Å². The normalized spacial score (nSPS) is 21.1. The third-order valence-electron chi connectivity index (χ3n) is 7.17. The lowest BCUT2D eigenvalue weighted by atomic mass is 9.86. The predicted molar refractivity (Wildman–Crippen MR) is 138 cm³/mol. The summed E-state index contributed by atoms with van der Waals surface area (Å²) < 4.78 is 5.79. The van der Waals surface area contributed by atoms with Crippen LogP contribution in [0.25, 0.3) is 16.2 Å². The summed E-state index contributed by atoms with van der Waals surface area (Å²) in [4.78, 5) is 19.3. The van der Waals surface area contributed by atoms with Crippen LogP contribution >= 0.6 is 11.6 Å². The van der Waals surface area contributed by atoms with Crippen molar-refractivity contribution in [3.63, 3.8) is 0 Å². The SMILES string of the molecule is Cc1ncc(-c2cc3c(c([C@@H]4COCCN4)c2)CN(C(=O)C(C)(C)O)CC3)cc1/C(Cl)=C\C1CC1. The van der Waals surface area contributed by atoms with E-state index < -0.39 is 5.60 Å². The summed E-state index contributed by atoms with van der Waals surface area (Å²) >= 11 is 6.69. The number of benzene rings is 1. The van der Waals surface area contributed by atoms with E-state index in [1.165, 1.54) is 18.4 Å². The number of aryl methyl sites for hydroxylation is 1. The van der Waals surface area contributed by atoms with Gasteiger partial charge >= 0.3 is 0 Å². The lowest BCUT2D eigenvalue weighted by Crippen LogP contribution is -2.47. The average Bonchev–Trinajstić information content (AvgIpc) is 3.66. The molecule has 3 aliphatic rings. The summed E-state index contributed by atoms with van der Waals surface area (Å²) in [7, 11) is 0. The predicted octanol–water partition coefficient (Wildman–Crippen LogP) is 4.36. The maximum atomic E-state index is 12.8. The number of rotatable bonds is 5. The molecule has 5 rings (SSSR count). The third-order valence-corrected chi connectivity index (χ3v) is 7.50. The molecule has 2 aliphatic heterocycles. The minimum atomic E-state index is -1.39. The molecule has 2 fully saturated rings. The first-order valence-electron chi connectivity index (χ1n) is 12.5. The Morgan fingerprint density at radius 2 is 2.09 bits per heavy atom. The van der Waals surface area contributed by atoms with Crippen molar-refractivity contribution in [2.24, 2.45) is 5.92 Å². The van der Waals surface area contributed by atoms with Crippen LogP contribution in [0.2, 0.25) is 0 Å². The number of nitrogens with one attached hydrogen (secondary N) is 1. The molecule has 1 atom stereocenters. The second-order valence-electron chi connectivity index (χ2n) is 10.5. The first-order valence-corrected chi connectivity index (χ1v) is 12.9. The number of amides is 1. The molecule has 7 heteroatoms. The van der Waals surface area contributed by atoms with Gasteiger partial charge in [-0.25, -0.2) is 0 Å². The number of halogens is 1. The Morgan fingerprint density at radius 1 is 1.29 bits per heavy atom. The van der Waals surface area contributed by atoms with Gasteiger partial charge in [-0.2, -0.15) is 0 Å². The van der Waals surface area contributed by atoms with Crippen molar-refractivity contribution < 1.29 is 14.6 Å². The highest BCUT2D eigenvalue weighted by Gasteiger charge is 2.33. The summed E-state index contributed by atoms with van der Waals surface area (Å²) in [6, 6.07) is 6.62. The van der Waals surface area contributed by atoms with Crippen LogP contribution in [0.15, 0.2) is 30.5 Å². The van der Waals surface area contributed by atoms with E-state index in [4.69, 9.17) is 16.3 Å². The van der Waals surface area contributed by atoms with Crippen molar-refractivity contribution in [1.29, 1.82) is 0 Å². The van der Waals surface area contributed by atoms with Gasteiger partial charge in [-0.1, -0.05) is 23.7 Å². The molecular weight excluding hydrogens is 462 g/mol. The topological polar surface area (TPSA) is 74.7 Å². The standard InChI is InChI=1S/C28H34ClN3O3/c1-17-22(25(29)10-18-4-5-18)13-21(14-31-17)20-11-19-6-8-32(27(33)28(2,3)34)15-24(19)23(12-20)26-16-35-9-7-30-26/h10-14,18,26,30,34H,4-9,15-16H2,1-3H3/b25-10+/t26-/m0/s1. The smallest absolute Gasteiger partial charge is 0.254 e. The quantitative estimate of drug-likeness (QED) is 0.644. The molecule has 3 heterocycles. The van der Waals surface area contributed by atoms with E-state index >= 15 is 0 Å². The number of nitrogens with zero attached hydrogens (tertiary/aromatic N) is 2. The molecule has 1 aliphatic carbocycles. The van der Waals surface area contributed by atoms with Crippen LogP contribution < -0.4 is 5.32 Å². The lowest BCUT2D eigenvalue weighted by molar-refractivity contribution is -0.148. The van der Waals surface area contributed by atoms with E-state index in [0.717, 1.165) is 51.5 Å². The van der Waals surface area contributed by atoms with Gasteiger partial charge in [0, 0.05) is 47.7 Å². The van der Waals surface area contributed by atoms with Gasteiger partial charge < -0.3 is 20.1 Å². The number of carbonyl (C=O) groups is 1. The summed E-state index contributed by atoms with van der Waals surface area (Å²) in [6.45, 7) is 8.24. The van der Waals surface area contributed by atoms with Gasteiger partial charge in [-0.15, -0.1) is 0 Å². The fraction of sp³-hybridized carbons (Fsp3) is 0.500. The molecular formula is C28H34ClN3O3. The van der Waals surface area contributed by atoms with Gasteiger partial charge in [0.15, 0.2) is 0 Å². The van der Waals surface area contributed by atoms with Crippen LogP contribution in [0.1, 0.15) is 60.7 Å². The van der Waals surface area contributed by atoms with E-state index in [9.17, 15) is 9.90 Å². The molecule has 0 bridgehead atoms. The highest BCUT2D eigenvalue weighted by molar-refractivity contribution is 6.48. The molecule has 0 unspecified atom stereocenters. The minimum absolute atomic E-state index is 0.0471. The molecule has 1 aromatic heterocycles. The summed E-state index contributed by atoms with van der Waals surface area (Å²) in [6.07, 6.45) is 7.23. The number of hydrogen-bond donors (Lipinski definition) is 2. The van der Waals surface area contributed by atoms with E-state index in [-0.39, 0.29) is 11.9 Å². The number of morpholine rings is 1.